The number of hydrogen-bond donors (Lipinski definition) is 3. The first-order valence-electron chi connectivity index (χ1n) is 19.0. The zero-order valence-electron chi connectivity index (χ0n) is 32.9. The fraction of sp³-hybridized carbons (Fsp3) is 0.467. The number of allylic oxidation sites excluding steroid dienone is 9. The van der Waals surface area contributed by atoms with Crippen molar-refractivity contribution in [1.29, 1.82) is 0 Å². The molecule has 2 aromatic rings. The summed E-state index contributed by atoms with van der Waals surface area (Å²) in [5.74, 6) is -3.06. The Morgan fingerprint density at radius 3 is 2.43 bits per heavy atom. The molecular formula is C45H63F2N3O3. The maximum atomic E-state index is 14.1. The quantitative estimate of drug-likeness (QED) is 0.0857. The van der Waals surface area contributed by atoms with Gasteiger partial charge in [-0.25, -0.2) is 8.78 Å². The van der Waals surface area contributed by atoms with Crippen LogP contribution in [-0.2, 0) is 10.2 Å². The second kappa shape index (κ2) is 23.5. The molecule has 2 aliphatic rings. The number of aromatic hydroxyl groups is 1. The molecule has 290 valence electrons. The minimum Gasteiger partial charge on any atom is -0.506 e. The maximum Gasteiger partial charge on any atom is 0.249 e. The van der Waals surface area contributed by atoms with Crippen LogP contribution >= 0.6 is 0 Å². The van der Waals surface area contributed by atoms with Crippen molar-refractivity contribution in [1.82, 2.24) is 15.2 Å². The van der Waals surface area contributed by atoms with E-state index in [1.165, 1.54) is 19.0 Å². The summed E-state index contributed by atoms with van der Waals surface area (Å²) in [6, 6.07) is 9.99. The minimum atomic E-state index is -2.86. The zero-order chi connectivity index (χ0) is 39.3. The van der Waals surface area contributed by atoms with Crippen molar-refractivity contribution >= 4 is 11.5 Å². The van der Waals surface area contributed by atoms with E-state index < -0.39 is 23.7 Å². The average molecular weight is 732 g/mol. The summed E-state index contributed by atoms with van der Waals surface area (Å²) in [4.78, 5) is 16.8. The summed E-state index contributed by atoms with van der Waals surface area (Å²) < 4.78 is 28.3. The van der Waals surface area contributed by atoms with Crippen molar-refractivity contribution in [3.63, 3.8) is 0 Å². The molecule has 2 unspecified atom stereocenters. The van der Waals surface area contributed by atoms with Gasteiger partial charge in [0.25, 0.3) is 0 Å². The molecule has 6 nitrogen and oxygen atoms in total. The lowest BCUT2D eigenvalue weighted by molar-refractivity contribution is -0.119. The van der Waals surface area contributed by atoms with E-state index in [-0.39, 0.29) is 18.3 Å². The topological polar surface area (TPSA) is 85.7 Å². The number of aromatic nitrogens is 1. The highest BCUT2D eigenvalue weighted by atomic mass is 19.3. The Morgan fingerprint density at radius 2 is 1.83 bits per heavy atom. The van der Waals surface area contributed by atoms with E-state index in [1.807, 2.05) is 50.3 Å². The highest BCUT2D eigenvalue weighted by Gasteiger charge is 2.49. The molecule has 1 aromatic carbocycles. The van der Waals surface area contributed by atoms with E-state index in [0.717, 1.165) is 80.1 Å². The molecule has 2 aliphatic carbocycles. The Labute approximate surface area is 317 Å². The van der Waals surface area contributed by atoms with E-state index in [9.17, 15) is 18.7 Å². The van der Waals surface area contributed by atoms with Crippen LogP contribution in [0.1, 0.15) is 95.8 Å². The molecule has 0 saturated heterocycles. The van der Waals surface area contributed by atoms with Crippen LogP contribution in [0.15, 0.2) is 109 Å². The molecule has 3 N–H and O–H groups in total. The van der Waals surface area contributed by atoms with Crippen LogP contribution < -0.4 is 5.32 Å². The van der Waals surface area contributed by atoms with Gasteiger partial charge >= 0.3 is 0 Å². The molecule has 0 fully saturated rings. The predicted molar refractivity (Wildman–Crippen MR) is 217 cm³/mol. The number of rotatable bonds is 17. The smallest absolute Gasteiger partial charge is 0.249 e. The number of aliphatic hydroxyl groups excluding tert-OH is 1. The van der Waals surface area contributed by atoms with Crippen LogP contribution in [0, 0.1) is 12.8 Å². The number of pyridine rings is 1. The number of benzene rings is 1. The number of halogens is 2. The van der Waals surface area contributed by atoms with Crippen molar-refractivity contribution in [3.8, 4) is 5.75 Å². The number of fused-ring (bicyclic) bond motifs is 2. The first kappa shape index (κ1) is 45.0. The van der Waals surface area contributed by atoms with Gasteiger partial charge in [0, 0.05) is 37.4 Å². The van der Waals surface area contributed by atoms with Gasteiger partial charge in [0.2, 0.25) is 11.8 Å². The highest BCUT2D eigenvalue weighted by molar-refractivity contribution is 5.88. The number of carbonyl (C=O) groups excluding carboxylic acids is 1. The van der Waals surface area contributed by atoms with Gasteiger partial charge in [-0.3, -0.25) is 9.78 Å². The van der Waals surface area contributed by atoms with E-state index in [2.05, 4.69) is 72.1 Å². The van der Waals surface area contributed by atoms with Gasteiger partial charge in [0.05, 0.1) is 12.8 Å². The van der Waals surface area contributed by atoms with Crippen LogP contribution in [0.3, 0.4) is 0 Å². The Bertz CT molecular complexity index is 1570. The molecule has 53 heavy (non-hydrogen) atoms. The summed E-state index contributed by atoms with van der Waals surface area (Å²) in [5.41, 5.74) is 5.44. The molecule has 0 aliphatic heterocycles. The van der Waals surface area contributed by atoms with E-state index >= 15 is 0 Å². The normalized spacial score (nSPS) is 16.8. The monoisotopic (exact) mass is 731 g/mol. The average Bonchev–Trinajstić information content (AvgIpc) is 3.23. The molecule has 4 rings (SSSR count). The summed E-state index contributed by atoms with van der Waals surface area (Å²) in [7, 11) is 1.63. The lowest BCUT2D eigenvalue weighted by Crippen LogP contribution is -2.40. The SMILES string of the molecule is C/C=C\C=C/CC(=O)NC.C=C(CC(C)(F)F)C(CO)C1(CCCCN(CC)CCCC)C2=C(C=CCC=C2)c2ccccc21.Cc1cncc(O)c1. The van der Waals surface area contributed by atoms with Gasteiger partial charge < -0.3 is 20.4 Å². The van der Waals surface area contributed by atoms with Crippen LogP contribution in [0.2, 0.25) is 0 Å². The third kappa shape index (κ3) is 14.3. The largest absolute Gasteiger partial charge is 0.506 e. The Balaban J connectivity index is 0.000000440. The molecule has 1 aromatic heterocycles. The first-order chi connectivity index (χ1) is 25.4. The molecular weight excluding hydrogens is 669 g/mol. The molecule has 8 heteroatoms. The minimum absolute atomic E-state index is 0.0424. The Hall–Kier alpha value is -4.14. The second-order valence-electron chi connectivity index (χ2n) is 13.8. The van der Waals surface area contributed by atoms with E-state index in [4.69, 9.17) is 5.11 Å². The van der Waals surface area contributed by atoms with E-state index in [1.54, 1.807) is 19.3 Å². The summed E-state index contributed by atoms with van der Waals surface area (Å²) in [5, 5.41) is 22.0. The maximum absolute atomic E-state index is 14.1. The van der Waals surface area contributed by atoms with Crippen LogP contribution in [0.25, 0.3) is 5.57 Å². The number of nitrogens with zero attached hydrogens (tertiary/aromatic N) is 2. The lowest BCUT2D eigenvalue weighted by atomic mass is 9.62. The van der Waals surface area contributed by atoms with Gasteiger partial charge in [0.1, 0.15) is 5.75 Å². The first-order valence-corrected chi connectivity index (χ1v) is 19.0. The number of amides is 1. The molecule has 2 atom stereocenters. The number of aryl methyl sites for hydroxylation is 1. The number of unbranched alkanes of at least 4 members (excludes halogenated alkanes) is 2. The fourth-order valence-corrected chi connectivity index (χ4v) is 7.03. The fourth-order valence-electron chi connectivity index (χ4n) is 7.03. The third-order valence-electron chi connectivity index (χ3n) is 9.57. The number of alkyl halides is 2. The molecule has 0 bridgehead atoms. The van der Waals surface area contributed by atoms with Crippen LogP contribution in [0.4, 0.5) is 8.78 Å². The predicted octanol–water partition coefficient (Wildman–Crippen LogP) is 10.1. The molecule has 0 saturated carbocycles. The number of aliphatic hydroxyl groups is 1. The Morgan fingerprint density at radius 1 is 1.11 bits per heavy atom. The van der Waals surface area contributed by atoms with Crippen molar-refractivity contribution in [2.75, 3.05) is 33.3 Å². The zero-order valence-corrected chi connectivity index (χ0v) is 32.9. The molecule has 1 amide bonds. The highest BCUT2D eigenvalue weighted by Crippen LogP contribution is 2.57. The summed E-state index contributed by atoms with van der Waals surface area (Å²) in [6.07, 6.45) is 25.3. The standard InChI is InChI=1S/C31H43F2NO.C8H13NO.C6H7NO/c1-5-7-20-34(6-2)21-14-13-19-31(29(23-35)24(3)22-30(4,32)33)27-17-10-8-9-15-25(27)26-16-11-12-18-28(26)31;1-3-4-5-6-7-8(10)9-2;1-5-2-6(8)4-7-3-5/h9-12,15-18,29,35H,3,5-8,13-14,19-23H2,1-2,4H3;3-6H,7H2,1-2H3,(H,9,10);2-4,8H,1H3/b;4-3-,6-5-;. The molecule has 1 heterocycles. The van der Waals surface area contributed by atoms with Crippen molar-refractivity contribution in [3.05, 3.63) is 126 Å². The van der Waals surface area contributed by atoms with Gasteiger partial charge in [-0.05, 0) is 100.0 Å². The molecule has 0 spiro atoms. The van der Waals surface area contributed by atoms with E-state index in [0.29, 0.717) is 12.0 Å². The Kier molecular flexibility index (Phi) is 20.0. The third-order valence-corrected chi connectivity index (χ3v) is 9.57. The van der Waals surface area contributed by atoms with Gasteiger partial charge in [-0.15, -0.1) is 0 Å². The number of carbonyl (C=O) groups is 1. The number of nitrogens with one attached hydrogen (secondary N) is 1. The van der Waals surface area contributed by atoms with Gasteiger partial charge in [-0.2, -0.15) is 0 Å². The summed E-state index contributed by atoms with van der Waals surface area (Å²) in [6.45, 7) is 16.3. The number of hydrogen-bond acceptors (Lipinski definition) is 5. The van der Waals surface area contributed by atoms with Crippen LogP contribution in [-0.4, -0.2) is 65.2 Å². The van der Waals surface area contributed by atoms with Gasteiger partial charge in [-0.1, -0.05) is 112 Å². The van der Waals surface area contributed by atoms with Gasteiger partial charge in [0.15, 0.2) is 0 Å². The molecule has 0 radical (unpaired) electrons. The van der Waals surface area contributed by atoms with Crippen LogP contribution in [0.5, 0.6) is 5.75 Å². The van der Waals surface area contributed by atoms with Crippen molar-refractivity contribution in [2.24, 2.45) is 5.92 Å². The van der Waals surface area contributed by atoms with Crippen molar-refractivity contribution < 1.29 is 23.8 Å². The second-order valence-corrected chi connectivity index (χ2v) is 13.8. The summed E-state index contributed by atoms with van der Waals surface area (Å²) >= 11 is 0. The lowest BCUT2D eigenvalue weighted by Gasteiger charge is -2.42. The van der Waals surface area contributed by atoms with Crippen molar-refractivity contribution in [2.45, 2.75) is 97.3 Å².